The van der Waals surface area contributed by atoms with Crippen LogP contribution >= 0.6 is 11.6 Å². The Bertz CT molecular complexity index is 422. The largest absolute Gasteiger partial charge is 0.265 e. The van der Waals surface area contributed by atoms with Crippen molar-refractivity contribution in [1.82, 2.24) is 14.8 Å². The molecule has 2 aromatic rings. The second-order valence-electron chi connectivity index (χ2n) is 2.93. The summed E-state index contributed by atoms with van der Waals surface area (Å²) < 4.78 is 1.71. The molecule has 0 saturated heterocycles. The summed E-state index contributed by atoms with van der Waals surface area (Å²) in [6.45, 7) is 2.05. The van der Waals surface area contributed by atoms with E-state index in [9.17, 15) is 0 Å². The van der Waals surface area contributed by atoms with Crippen LogP contribution in [0.15, 0.2) is 30.6 Å². The minimum Gasteiger partial charge on any atom is -0.265 e. The molecular formula is C10H10ClN3. The van der Waals surface area contributed by atoms with Gasteiger partial charge in [0.1, 0.15) is 5.15 Å². The molecular weight excluding hydrogens is 198 g/mol. The highest BCUT2D eigenvalue weighted by molar-refractivity contribution is 6.29. The second-order valence-corrected chi connectivity index (χ2v) is 3.32. The zero-order valence-electron chi connectivity index (χ0n) is 7.81. The normalized spacial score (nSPS) is 10.4. The summed E-state index contributed by atoms with van der Waals surface area (Å²) in [7, 11) is 0. The smallest absolute Gasteiger partial charge is 0.133 e. The number of hydrogen-bond donors (Lipinski definition) is 0. The third kappa shape index (κ3) is 1.63. The second kappa shape index (κ2) is 3.80. The fourth-order valence-corrected chi connectivity index (χ4v) is 1.50. The van der Waals surface area contributed by atoms with Crippen molar-refractivity contribution >= 4 is 11.6 Å². The highest BCUT2D eigenvalue weighted by Crippen LogP contribution is 2.16. The molecule has 0 spiro atoms. The lowest BCUT2D eigenvalue weighted by Gasteiger charge is -2.00. The van der Waals surface area contributed by atoms with E-state index < -0.39 is 0 Å². The summed E-state index contributed by atoms with van der Waals surface area (Å²) in [4.78, 5) is 3.94. The van der Waals surface area contributed by atoms with Crippen LogP contribution in [-0.2, 0) is 6.42 Å². The van der Waals surface area contributed by atoms with E-state index in [1.54, 1.807) is 17.1 Å². The van der Waals surface area contributed by atoms with Gasteiger partial charge >= 0.3 is 0 Å². The predicted molar refractivity (Wildman–Crippen MR) is 55.7 cm³/mol. The van der Waals surface area contributed by atoms with Gasteiger partial charge in [-0.1, -0.05) is 18.5 Å². The van der Waals surface area contributed by atoms with Crippen LogP contribution in [0.5, 0.6) is 0 Å². The lowest BCUT2D eigenvalue weighted by atomic mass is 10.3. The van der Waals surface area contributed by atoms with Gasteiger partial charge in [-0.25, -0.2) is 4.68 Å². The molecule has 0 aliphatic carbocycles. The SMILES string of the molecule is CCc1cc(Cl)n(-c2ccncc2)n1. The summed E-state index contributed by atoms with van der Waals surface area (Å²) in [5.41, 5.74) is 1.93. The monoisotopic (exact) mass is 207 g/mol. The van der Waals surface area contributed by atoms with Crippen LogP contribution in [0, 0.1) is 0 Å². The van der Waals surface area contributed by atoms with Crippen LogP contribution in [0.3, 0.4) is 0 Å². The van der Waals surface area contributed by atoms with E-state index in [1.807, 2.05) is 18.2 Å². The van der Waals surface area contributed by atoms with Gasteiger partial charge in [0.15, 0.2) is 0 Å². The number of hydrogen-bond acceptors (Lipinski definition) is 2. The number of rotatable bonds is 2. The molecule has 0 amide bonds. The molecule has 2 aromatic heterocycles. The van der Waals surface area contributed by atoms with Crippen molar-refractivity contribution in [1.29, 1.82) is 0 Å². The van der Waals surface area contributed by atoms with E-state index in [1.165, 1.54) is 0 Å². The van der Waals surface area contributed by atoms with Crippen molar-refractivity contribution in [3.63, 3.8) is 0 Å². The lowest BCUT2D eigenvalue weighted by Crippen LogP contribution is -1.97. The Balaban J connectivity index is 2.46. The molecule has 0 aliphatic rings. The van der Waals surface area contributed by atoms with Gasteiger partial charge in [0.05, 0.1) is 11.4 Å². The van der Waals surface area contributed by atoms with Gasteiger partial charge in [-0.3, -0.25) is 4.98 Å². The first-order chi connectivity index (χ1) is 6.81. The predicted octanol–water partition coefficient (Wildman–Crippen LogP) is 2.48. The molecule has 0 aliphatic heterocycles. The summed E-state index contributed by atoms with van der Waals surface area (Å²) in [6, 6.07) is 5.62. The molecule has 72 valence electrons. The molecule has 2 heterocycles. The highest BCUT2D eigenvalue weighted by atomic mass is 35.5. The third-order valence-corrected chi connectivity index (χ3v) is 2.26. The van der Waals surface area contributed by atoms with Gasteiger partial charge in [0.2, 0.25) is 0 Å². The zero-order chi connectivity index (χ0) is 9.97. The molecule has 0 saturated carbocycles. The lowest BCUT2D eigenvalue weighted by molar-refractivity contribution is 0.840. The average Bonchev–Trinajstić information content (AvgIpc) is 2.61. The molecule has 3 nitrogen and oxygen atoms in total. The number of nitrogens with zero attached hydrogens (tertiary/aromatic N) is 3. The van der Waals surface area contributed by atoms with Gasteiger partial charge in [-0.15, -0.1) is 0 Å². The van der Waals surface area contributed by atoms with Crippen LogP contribution < -0.4 is 0 Å². The summed E-state index contributed by atoms with van der Waals surface area (Å²) >= 11 is 6.04. The summed E-state index contributed by atoms with van der Waals surface area (Å²) in [5, 5.41) is 4.99. The van der Waals surface area contributed by atoms with Crippen LogP contribution in [0.1, 0.15) is 12.6 Å². The van der Waals surface area contributed by atoms with E-state index in [0.717, 1.165) is 17.8 Å². The van der Waals surface area contributed by atoms with E-state index in [0.29, 0.717) is 5.15 Å². The molecule has 0 N–H and O–H groups in total. The fourth-order valence-electron chi connectivity index (χ4n) is 1.24. The van der Waals surface area contributed by atoms with Crippen molar-refractivity contribution in [2.45, 2.75) is 13.3 Å². The van der Waals surface area contributed by atoms with Gasteiger partial charge in [0.25, 0.3) is 0 Å². The number of halogens is 1. The van der Waals surface area contributed by atoms with Crippen LogP contribution in [-0.4, -0.2) is 14.8 Å². The Morgan fingerprint density at radius 1 is 1.36 bits per heavy atom. The van der Waals surface area contributed by atoms with Gasteiger partial charge in [0, 0.05) is 12.4 Å². The number of aromatic nitrogens is 3. The molecule has 0 unspecified atom stereocenters. The highest BCUT2D eigenvalue weighted by Gasteiger charge is 2.05. The minimum atomic E-state index is 0.632. The first-order valence-corrected chi connectivity index (χ1v) is 4.84. The first-order valence-electron chi connectivity index (χ1n) is 4.46. The molecule has 14 heavy (non-hydrogen) atoms. The molecule has 0 aromatic carbocycles. The van der Waals surface area contributed by atoms with Crippen molar-refractivity contribution in [3.05, 3.63) is 41.4 Å². The maximum Gasteiger partial charge on any atom is 0.133 e. The topological polar surface area (TPSA) is 30.7 Å². The zero-order valence-corrected chi connectivity index (χ0v) is 8.57. The van der Waals surface area contributed by atoms with Gasteiger partial charge in [-0.2, -0.15) is 5.10 Å². The molecule has 0 atom stereocenters. The Kier molecular flexibility index (Phi) is 2.50. The minimum absolute atomic E-state index is 0.632. The molecule has 0 bridgehead atoms. The third-order valence-electron chi connectivity index (χ3n) is 1.99. The van der Waals surface area contributed by atoms with Crippen molar-refractivity contribution in [3.8, 4) is 5.69 Å². The quantitative estimate of drug-likeness (QED) is 0.758. The van der Waals surface area contributed by atoms with E-state index in [2.05, 4.69) is 17.0 Å². The Labute approximate surface area is 87.3 Å². The average molecular weight is 208 g/mol. The summed E-state index contributed by atoms with van der Waals surface area (Å²) in [6.07, 6.45) is 4.33. The van der Waals surface area contributed by atoms with E-state index in [4.69, 9.17) is 11.6 Å². The molecule has 2 rings (SSSR count). The molecule has 0 fully saturated rings. The van der Waals surface area contributed by atoms with Crippen LogP contribution in [0.2, 0.25) is 5.15 Å². The van der Waals surface area contributed by atoms with Crippen LogP contribution in [0.25, 0.3) is 5.69 Å². The standard InChI is InChI=1S/C10H10ClN3/c1-2-8-7-10(11)14(13-8)9-3-5-12-6-4-9/h3-7H,2H2,1H3. The maximum absolute atomic E-state index is 6.04. The van der Waals surface area contributed by atoms with Gasteiger partial charge in [-0.05, 0) is 24.6 Å². The van der Waals surface area contributed by atoms with Crippen molar-refractivity contribution in [2.75, 3.05) is 0 Å². The van der Waals surface area contributed by atoms with E-state index >= 15 is 0 Å². The Morgan fingerprint density at radius 3 is 2.64 bits per heavy atom. The molecule has 0 radical (unpaired) electrons. The van der Waals surface area contributed by atoms with Gasteiger partial charge < -0.3 is 0 Å². The van der Waals surface area contributed by atoms with Crippen LogP contribution in [0.4, 0.5) is 0 Å². The maximum atomic E-state index is 6.04. The fraction of sp³-hybridized carbons (Fsp3) is 0.200. The summed E-state index contributed by atoms with van der Waals surface area (Å²) in [5.74, 6) is 0. The first kappa shape index (κ1) is 9.21. The molecule has 4 heteroatoms. The Morgan fingerprint density at radius 2 is 2.07 bits per heavy atom. The Hall–Kier alpha value is -1.35. The van der Waals surface area contributed by atoms with Crippen molar-refractivity contribution < 1.29 is 0 Å². The number of aryl methyl sites for hydroxylation is 1. The number of pyridine rings is 1. The van der Waals surface area contributed by atoms with Crippen molar-refractivity contribution in [2.24, 2.45) is 0 Å². The van der Waals surface area contributed by atoms with E-state index in [-0.39, 0.29) is 0 Å².